The number of halogens is 1. The Morgan fingerprint density at radius 3 is 2.75 bits per heavy atom. The van der Waals surface area contributed by atoms with E-state index in [-0.39, 0.29) is 16.2 Å². The standard InChI is InChI=1S/C12H11ClN2O4S/c1-15-11(10(6-14-15)12(16)17)7-20(18,19)9-4-2-3-8(13)5-9/h2-6H,7H2,1H3,(H,16,17). The molecule has 0 unspecified atom stereocenters. The van der Waals surface area contributed by atoms with Gasteiger partial charge in [0.1, 0.15) is 5.56 Å². The van der Waals surface area contributed by atoms with Gasteiger partial charge >= 0.3 is 5.97 Å². The van der Waals surface area contributed by atoms with Crippen LogP contribution >= 0.6 is 11.6 Å². The third kappa shape index (κ3) is 2.83. The van der Waals surface area contributed by atoms with E-state index in [2.05, 4.69) is 5.10 Å². The quantitative estimate of drug-likeness (QED) is 0.928. The number of aromatic nitrogens is 2. The summed E-state index contributed by atoms with van der Waals surface area (Å²) in [6.07, 6.45) is 1.13. The minimum absolute atomic E-state index is 0.0440. The normalized spacial score (nSPS) is 11.5. The average molecular weight is 315 g/mol. The van der Waals surface area contributed by atoms with Crippen LogP contribution < -0.4 is 0 Å². The molecule has 0 aliphatic carbocycles. The number of aryl methyl sites for hydroxylation is 1. The van der Waals surface area contributed by atoms with Gasteiger partial charge in [0.15, 0.2) is 9.84 Å². The van der Waals surface area contributed by atoms with Crippen LogP contribution in [0, 0.1) is 0 Å². The molecule has 0 bridgehead atoms. The molecule has 0 amide bonds. The van der Waals surface area contributed by atoms with Crippen molar-refractivity contribution in [1.82, 2.24) is 9.78 Å². The van der Waals surface area contributed by atoms with Crippen LogP contribution in [0.1, 0.15) is 16.1 Å². The monoisotopic (exact) mass is 314 g/mol. The zero-order valence-corrected chi connectivity index (χ0v) is 12.0. The topological polar surface area (TPSA) is 89.3 Å². The molecule has 0 atom stereocenters. The van der Waals surface area contributed by atoms with Gasteiger partial charge in [0.05, 0.1) is 22.5 Å². The molecule has 1 aromatic heterocycles. The number of hydrogen-bond acceptors (Lipinski definition) is 4. The van der Waals surface area contributed by atoms with E-state index in [1.807, 2.05) is 0 Å². The van der Waals surface area contributed by atoms with Crippen LogP contribution in [-0.2, 0) is 22.6 Å². The van der Waals surface area contributed by atoms with Crippen molar-refractivity contribution in [1.29, 1.82) is 0 Å². The minimum atomic E-state index is -3.69. The predicted molar refractivity (Wildman–Crippen MR) is 72.5 cm³/mol. The van der Waals surface area contributed by atoms with E-state index in [0.29, 0.717) is 5.02 Å². The maximum absolute atomic E-state index is 12.3. The molecule has 0 fully saturated rings. The van der Waals surface area contributed by atoms with Gasteiger partial charge in [0, 0.05) is 12.1 Å². The molecule has 0 aliphatic heterocycles. The highest BCUT2D eigenvalue weighted by molar-refractivity contribution is 7.90. The van der Waals surface area contributed by atoms with Crippen molar-refractivity contribution in [2.75, 3.05) is 0 Å². The molecule has 0 aliphatic rings. The molecule has 0 saturated carbocycles. The van der Waals surface area contributed by atoms with Crippen LogP contribution in [0.5, 0.6) is 0 Å². The number of carboxylic acid groups (broad SMARTS) is 1. The van der Waals surface area contributed by atoms with E-state index in [9.17, 15) is 13.2 Å². The number of aromatic carboxylic acids is 1. The Balaban J connectivity index is 2.44. The van der Waals surface area contributed by atoms with E-state index in [4.69, 9.17) is 16.7 Å². The number of carbonyl (C=O) groups is 1. The van der Waals surface area contributed by atoms with Gasteiger partial charge < -0.3 is 5.11 Å². The van der Waals surface area contributed by atoms with Crippen molar-refractivity contribution in [2.24, 2.45) is 7.05 Å². The van der Waals surface area contributed by atoms with Crippen LogP contribution in [0.3, 0.4) is 0 Å². The van der Waals surface area contributed by atoms with Crippen molar-refractivity contribution in [2.45, 2.75) is 10.6 Å². The number of hydrogen-bond donors (Lipinski definition) is 1. The highest BCUT2D eigenvalue weighted by Crippen LogP contribution is 2.21. The molecular weight excluding hydrogens is 304 g/mol. The first-order valence-electron chi connectivity index (χ1n) is 5.54. The third-order valence-electron chi connectivity index (χ3n) is 2.77. The lowest BCUT2D eigenvalue weighted by Gasteiger charge is -2.06. The van der Waals surface area contributed by atoms with Crippen molar-refractivity contribution in [3.63, 3.8) is 0 Å². The summed E-state index contributed by atoms with van der Waals surface area (Å²) in [5.41, 5.74) is -0.00409. The smallest absolute Gasteiger partial charge is 0.339 e. The Labute approximate surface area is 120 Å². The van der Waals surface area contributed by atoms with Crippen LogP contribution in [0.25, 0.3) is 0 Å². The molecule has 1 heterocycles. The van der Waals surface area contributed by atoms with Crippen molar-refractivity contribution in [3.8, 4) is 0 Å². The minimum Gasteiger partial charge on any atom is -0.478 e. The lowest BCUT2D eigenvalue weighted by Crippen LogP contribution is -2.12. The maximum atomic E-state index is 12.3. The van der Waals surface area contributed by atoms with Crippen molar-refractivity contribution in [3.05, 3.63) is 46.7 Å². The summed E-state index contributed by atoms with van der Waals surface area (Å²) in [4.78, 5) is 11.1. The van der Waals surface area contributed by atoms with E-state index in [1.165, 1.54) is 29.9 Å². The first kappa shape index (κ1) is 14.5. The predicted octanol–water partition coefficient (Wildman–Crippen LogP) is 1.75. The fraction of sp³-hybridized carbons (Fsp3) is 0.167. The Bertz CT molecular complexity index is 768. The summed E-state index contributed by atoms with van der Waals surface area (Å²) in [6, 6.07) is 5.83. The summed E-state index contributed by atoms with van der Waals surface area (Å²) >= 11 is 5.77. The van der Waals surface area contributed by atoms with Crippen LogP contribution in [-0.4, -0.2) is 29.3 Å². The van der Waals surface area contributed by atoms with Gasteiger partial charge in [-0.2, -0.15) is 5.10 Å². The Kier molecular flexibility index (Phi) is 3.82. The number of benzene rings is 1. The molecule has 1 aromatic carbocycles. The van der Waals surface area contributed by atoms with Crippen molar-refractivity contribution >= 4 is 27.4 Å². The highest BCUT2D eigenvalue weighted by atomic mass is 35.5. The van der Waals surface area contributed by atoms with Gasteiger partial charge in [0.25, 0.3) is 0 Å². The first-order valence-corrected chi connectivity index (χ1v) is 7.57. The molecule has 2 aromatic rings. The van der Waals surface area contributed by atoms with Crippen LogP contribution in [0.2, 0.25) is 5.02 Å². The Hall–Kier alpha value is -1.86. The van der Waals surface area contributed by atoms with Gasteiger partial charge in [-0.1, -0.05) is 17.7 Å². The van der Waals surface area contributed by atoms with E-state index in [0.717, 1.165) is 6.20 Å². The fourth-order valence-corrected chi connectivity index (χ4v) is 3.45. The van der Waals surface area contributed by atoms with Gasteiger partial charge in [0.2, 0.25) is 0 Å². The summed E-state index contributed by atoms with van der Waals surface area (Å²) in [5, 5.41) is 13.1. The molecule has 8 heteroatoms. The Morgan fingerprint density at radius 2 is 2.15 bits per heavy atom. The zero-order valence-electron chi connectivity index (χ0n) is 10.4. The SMILES string of the molecule is Cn1ncc(C(=O)O)c1CS(=O)(=O)c1cccc(Cl)c1. The second-order valence-corrected chi connectivity index (χ2v) is 6.58. The molecule has 0 spiro atoms. The molecular formula is C12H11ClN2O4S. The van der Waals surface area contributed by atoms with Crippen molar-refractivity contribution < 1.29 is 18.3 Å². The van der Waals surface area contributed by atoms with E-state index < -0.39 is 21.6 Å². The van der Waals surface area contributed by atoms with Gasteiger partial charge in [-0.25, -0.2) is 13.2 Å². The molecule has 20 heavy (non-hydrogen) atoms. The molecule has 1 N–H and O–H groups in total. The number of sulfone groups is 1. The average Bonchev–Trinajstić information content (AvgIpc) is 2.71. The van der Waals surface area contributed by atoms with Gasteiger partial charge in [-0.15, -0.1) is 0 Å². The molecule has 0 saturated heterocycles. The number of rotatable bonds is 4. The molecule has 6 nitrogen and oxygen atoms in total. The maximum Gasteiger partial charge on any atom is 0.339 e. The lowest BCUT2D eigenvalue weighted by molar-refractivity contribution is 0.0696. The highest BCUT2D eigenvalue weighted by Gasteiger charge is 2.23. The third-order valence-corrected chi connectivity index (χ3v) is 4.63. The van der Waals surface area contributed by atoms with Gasteiger partial charge in [-0.3, -0.25) is 4.68 Å². The molecule has 106 valence electrons. The fourth-order valence-electron chi connectivity index (χ4n) is 1.74. The second kappa shape index (κ2) is 5.26. The summed E-state index contributed by atoms with van der Waals surface area (Å²) < 4.78 is 25.8. The number of carboxylic acids is 1. The largest absolute Gasteiger partial charge is 0.478 e. The summed E-state index contributed by atoms with van der Waals surface area (Å²) in [5.74, 6) is -1.67. The van der Waals surface area contributed by atoms with Crippen LogP contribution in [0.4, 0.5) is 0 Å². The van der Waals surface area contributed by atoms with E-state index in [1.54, 1.807) is 6.07 Å². The number of nitrogens with zero attached hydrogens (tertiary/aromatic N) is 2. The molecule has 0 radical (unpaired) electrons. The van der Waals surface area contributed by atoms with E-state index >= 15 is 0 Å². The zero-order chi connectivity index (χ0) is 14.9. The summed E-state index contributed by atoms with van der Waals surface area (Å²) in [6.45, 7) is 0. The Morgan fingerprint density at radius 1 is 1.45 bits per heavy atom. The molecule has 2 rings (SSSR count). The lowest BCUT2D eigenvalue weighted by atomic mass is 10.3. The second-order valence-electron chi connectivity index (χ2n) is 4.15. The van der Waals surface area contributed by atoms with Gasteiger partial charge in [-0.05, 0) is 18.2 Å². The summed E-state index contributed by atoms with van der Waals surface area (Å²) in [7, 11) is -2.20. The van der Waals surface area contributed by atoms with Crippen LogP contribution in [0.15, 0.2) is 35.4 Å². The first-order chi connectivity index (χ1) is 9.31.